The van der Waals surface area contributed by atoms with Gasteiger partial charge in [-0.25, -0.2) is 0 Å². The van der Waals surface area contributed by atoms with Crippen LogP contribution < -0.4 is 0 Å². The van der Waals surface area contributed by atoms with Gasteiger partial charge in [-0.3, -0.25) is 0 Å². The van der Waals surface area contributed by atoms with E-state index in [1.807, 2.05) is 0 Å². The van der Waals surface area contributed by atoms with Gasteiger partial charge in [0.1, 0.15) is 0 Å². The van der Waals surface area contributed by atoms with Crippen molar-refractivity contribution in [1.82, 2.24) is 0 Å². The molecule has 0 spiro atoms. The Hall–Kier alpha value is 0.385. The fourth-order valence-electron chi connectivity index (χ4n) is 0.597. The first-order valence-electron chi connectivity index (χ1n) is 2.34. The average Bonchev–Trinajstić information content (AvgIpc) is 1.91. The number of hydrogen-bond acceptors (Lipinski definition) is 0. The van der Waals surface area contributed by atoms with Gasteiger partial charge in [-0.05, 0) is 0 Å². The van der Waals surface area contributed by atoms with Gasteiger partial charge in [0.05, 0.1) is 0 Å². The van der Waals surface area contributed by atoms with Gasteiger partial charge in [0.15, 0.2) is 0 Å². The third kappa shape index (κ3) is 1.14. The molecule has 0 bridgehead atoms. The Morgan fingerprint density at radius 1 is 1.71 bits per heavy atom. The summed E-state index contributed by atoms with van der Waals surface area (Å²) < 4.78 is 1.59. The molecule has 0 fully saturated rings. The first-order chi connectivity index (χ1) is 3.30. The average molecular weight is 191 g/mol. The Kier molecular flexibility index (Phi) is 1.66. The summed E-state index contributed by atoms with van der Waals surface area (Å²) in [4.78, 5) is 0. The second-order valence-corrected chi connectivity index (χ2v) is 4.00. The molecule has 0 aliphatic heterocycles. The molecule has 0 nitrogen and oxygen atoms in total. The van der Waals surface area contributed by atoms with Gasteiger partial charge < -0.3 is 0 Å². The fraction of sp³-hybridized carbons (Fsp3) is 0.200. The van der Waals surface area contributed by atoms with Crippen molar-refractivity contribution in [3.63, 3.8) is 0 Å². The van der Waals surface area contributed by atoms with E-state index in [9.17, 15) is 0 Å². The van der Waals surface area contributed by atoms with E-state index < -0.39 is 0 Å². The van der Waals surface area contributed by atoms with Crippen molar-refractivity contribution in [3.8, 4) is 0 Å². The topological polar surface area (TPSA) is 0 Å². The van der Waals surface area contributed by atoms with Gasteiger partial charge in [-0.15, -0.1) is 0 Å². The van der Waals surface area contributed by atoms with E-state index in [0.29, 0.717) is 0 Å². The molecule has 0 atom stereocenters. The van der Waals surface area contributed by atoms with E-state index in [0.717, 1.165) is 0 Å². The summed E-state index contributed by atoms with van der Waals surface area (Å²) in [5.74, 6) is 0. The minimum atomic E-state index is 1.21. The molecule has 0 heterocycles. The maximum atomic E-state index is 2.24. The van der Waals surface area contributed by atoms with E-state index in [1.54, 1.807) is 9.16 Å². The van der Waals surface area contributed by atoms with Gasteiger partial charge in [0.2, 0.25) is 0 Å². The summed E-state index contributed by atoms with van der Waals surface area (Å²) in [6.45, 7) is 0. The molecule has 0 N–H and O–H groups in total. The molecule has 0 aromatic carbocycles. The van der Waals surface area contributed by atoms with Crippen molar-refractivity contribution in [2.45, 2.75) is 6.42 Å². The van der Waals surface area contributed by atoms with E-state index >= 15 is 0 Å². The van der Waals surface area contributed by atoms with Crippen LogP contribution in [0.25, 0.3) is 0 Å². The molecule has 0 radical (unpaired) electrons. The zero-order valence-electron chi connectivity index (χ0n) is 4.27. The van der Waals surface area contributed by atoms with Crippen LogP contribution in [0.1, 0.15) is 6.42 Å². The fourth-order valence-corrected chi connectivity index (χ4v) is 1.44. The molecule has 0 aromatic heterocycles. The molecule has 7 heavy (non-hydrogen) atoms. The summed E-state index contributed by atoms with van der Waals surface area (Å²) in [5.41, 5.74) is 0. The second kappa shape index (κ2) is 2.10. The van der Waals surface area contributed by atoms with Crippen LogP contribution >= 0.6 is 0 Å². The molecule has 1 rings (SSSR count). The molecule has 0 saturated heterocycles. The van der Waals surface area contributed by atoms with Crippen LogP contribution in [-0.2, 0) is 19.8 Å². The van der Waals surface area contributed by atoms with E-state index in [-0.39, 0.29) is 0 Å². The molecule has 37 valence electrons. The SMILES string of the molecule is [SiH3]C1=[C]([Mo])CC=C1. The summed E-state index contributed by atoms with van der Waals surface area (Å²) in [5, 5.41) is 1.59. The zero-order valence-corrected chi connectivity index (χ0v) is 8.28. The van der Waals surface area contributed by atoms with E-state index in [1.165, 1.54) is 16.7 Å². The summed E-state index contributed by atoms with van der Waals surface area (Å²) in [7, 11) is 1.23. The molecule has 0 aromatic rings. The van der Waals surface area contributed by atoms with Gasteiger partial charge >= 0.3 is 57.8 Å². The van der Waals surface area contributed by atoms with Crippen LogP contribution in [0, 0.1) is 0 Å². The van der Waals surface area contributed by atoms with Crippen molar-refractivity contribution in [1.29, 1.82) is 0 Å². The third-order valence-corrected chi connectivity index (χ3v) is 4.21. The van der Waals surface area contributed by atoms with Crippen LogP contribution in [-0.4, -0.2) is 10.2 Å². The van der Waals surface area contributed by atoms with Crippen molar-refractivity contribution >= 4 is 10.2 Å². The van der Waals surface area contributed by atoms with Crippen molar-refractivity contribution < 1.29 is 19.8 Å². The Bertz CT molecular complexity index is 135. The first kappa shape index (κ1) is 5.52. The second-order valence-electron chi connectivity index (χ2n) is 1.71. The molecule has 1 aliphatic carbocycles. The molecular formula is C5H7MoSi. The van der Waals surface area contributed by atoms with Gasteiger partial charge in [-0.2, -0.15) is 0 Å². The predicted octanol–water partition coefficient (Wildman–Crippen LogP) is 0.0701. The normalized spacial score (nSPS) is 19.4. The van der Waals surface area contributed by atoms with Crippen molar-refractivity contribution in [2.24, 2.45) is 0 Å². The summed E-state index contributed by atoms with van der Waals surface area (Å²) >= 11 is 2.14. The van der Waals surface area contributed by atoms with E-state index in [2.05, 4.69) is 32.0 Å². The molecule has 2 heteroatoms. The molecule has 0 unspecified atom stereocenters. The Balaban J connectivity index is 2.79. The molecule has 0 amide bonds. The summed E-state index contributed by atoms with van der Waals surface area (Å²) in [6, 6.07) is 0. The van der Waals surface area contributed by atoms with Crippen molar-refractivity contribution in [3.05, 3.63) is 21.3 Å². The number of hydrogen-bond donors (Lipinski definition) is 0. The summed E-state index contributed by atoms with van der Waals surface area (Å²) in [6.07, 6.45) is 5.69. The molecular weight excluding hydrogens is 184 g/mol. The van der Waals surface area contributed by atoms with Crippen LogP contribution in [0.3, 0.4) is 0 Å². The standard InChI is InChI=1S/C5H7Si.Mo/c6-5-3-1-2-4-5;/h1,3H,2H2,6H3;. The Morgan fingerprint density at radius 2 is 2.43 bits per heavy atom. The Labute approximate surface area is 58.0 Å². The first-order valence-corrected chi connectivity index (χ1v) is 4.34. The van der Waals surface area contributed by atoms with Gasteiger partial charge in [-0.1, -0.05) is 0 Å². The monoisotopic (exact) mass is 193 g/mol. The quantitative estimate of drug-likeness (QED) is 0.475. The van der Waals surface area contributed by atoms with Gasteiger partial charge in [0, 0.05) is 0 Å². The number of allylic oxidation sites excluding steroid dienone is 4. The minimum absolute atomic E-state index is 1.21. The van der Waals surface area contributed by atoms with Crippen LogP contribution in [0.4, 0.5) is 0 Å². The van der Waals surface area contributed by atoms with Crippen LogP contribution in [0.15, 0.2) is 21.3 Å². The van der Waals surface area contributed by atoms with Crippen molar-refractivity contribution in [2.75, 3.05) is 0 Å². The molecule has 1 aliphatic rings. The van der Waals surface area contributed by atoms with Gasteiger partial charge in [0.25, 0.3) is 0 Å². The van der Waals surface area contributed by atoms with Crippen LogP contribution in [0.5, 0.6) is 0 Å². The van der Waals surface area contributed by atoms with E-state index in [4.69, 9.17) is 0 Å². The predicted molar refractivity (Wildman–Crippen MR) is 30.7 cm³/mol. The Morgan fingerprint density at radius 3 is 2.57 bits per heavy atom. The maximum absolute atomic E-state index is 2.24. The molecule has 0 saturated carbocycles. The van der Waals surface area contributed by atoms with Crippen LogP contribution in [0.2, 0.25) is 0 Å². The number of rotatable bonds is 0. The zero-order chi connectivity index (χ0) is 5.28. The third-order valence-electron chi connectivity index (χ3n) is 1.11.